The van der Waals surface area contributed by atoms with Gasteiger partial charge < -0.3 is 16.4 Å². The molecule has 2 aromatic carbocycles. The normalized spacial score (nSPS) is 13.4. The first-order chi connectivity index (χ1) is 13.9. The van der Waals surface area contributed by atoms with E-state index in [-0.39, 0.29) is 31.0 Å². The number of hydrogen-bond donors (Lipinski definition) is 3. The van der Waals surface area contributed by atoms with Crippen molar-refractivity contribution in [3.8, 4) is 0 Å². The van der Waals surface area contributed by atoms with Crippen molar-refractivity contribution in [1.82, 2.24) is 5.01 Å². The Morgan fingerprint density at radius 1 is 0.931 bits per heavy atom. The van der Waals surface area contributed by atoms with Crippen molar-refractivity contribution >= 4 is 40.7 Å². The van der Waals surface area contributed by atoms with Crippen molar-refractivity contribution in [3.63, 3.8) is 0 Å². The molecule has 0 unspecified atom stereocenters. The second-order valence-corrected chi connectivity index (χ2v) is 6.31. The van der Waals surface area contributed by atoms with Gasteiger partial charge in [-0.25, -0.2) is 5.01 Å². The van der Waals surface area contributed by atoms with E-state index in [4.69, 9.17) is 5.73 Å². The van der Waals surface area contributed by atoms with Gasteiger partial charge in [0.05, 0.1) is 0 Å². The highest BCUT2D eigenvalue weighted by Gasteiger charge is 2.26. The average Bonchev–Trinajstić information content (AvgIpc) is 2.70. The number of benzene rings is 2. The summed E-state index contributed by atoms with van der Waals surface area (Å²) in [6.07, 6.45) is 0.284. The fourth-order valence-corrected chi connectivity index (χ4v) is 2.67. The third-order valence-corrected chi connectivity index (χ3v) is 4.15. The van der Waals surface area contributed by atoms with Gasteiger partial charge in [0.15, 0.2) is 0 Å². The van der Waals surface area contributed by atoms with E-state index in [0.29, 0.717) is 16.9 Å². The van der Waals surface area contributed by atoms with E-state index in [1.54, 1.807) is 24.3 Å². The molecule has 148 valence electrons. The molecule has 0 radical (unpaired) electrons. The van der Waals surface area contributed by atoms with Crippen LogP contribution in [0.15, 0.2) is 59.7 Å². The molecule has 2 aromatic rings. The first-order valence-corrected chi connectivity index (χ1v) is 8.86. The van der Waals surface area contributed by atoms with E-state index in [0.717, 1.165) is 5.01 Å². The number of nitrogens with zero attached hydrogens (tertiary/aromatic N) is 2. The predicted molar refractivity (Wildman–Crippen MR) is 107 cm³/mol. The second kappa shape index (κ2) is 8.79. The molecule has 1 aliphatic heterocycles. The Morgan fingerprint density at radius 2 is 1.59 bits per heavy atom. The number of carbonyl (C=O) groups is 4. The number of anilines is 2. The third kappa shape index (κ3) is 5.25. The summed E-state index contributed by atoms with van der Waals surface area (Å²) in [7, 11) is 0. The van der Waals surface area contributed by atoms with Crippen LogP contribution in [0, 0.1) is 0 Å². The number of nitrogens with one attached hydrogen (secondary N) is 2. The summed E-state index contributed by atoms with van der Waals surface area (Å²) in [5, 5.41) is 10.3. The Bertz CT molecular complexity index is 970. The van der Waals surface area contributed by atoms with Crippen molar-refractivity contribution in [1.29, 1.82) is 0 Å². The lowest BCUT2D eigenvalue weighted by atomic mass is 10.1. The van der Waals surface area contributed by atoms with E-state index in [1.807, 2.05) is 6.07 Å². The fourth-order valence-electron chi connectivity index (χ4n) is 2.67. The fraction of sp³-hybridized carbons (Fsp3) is 0.150. The molecule has 29 heavy (non-hydrogen) atoms. The minimum absolute atomic E-state index is 0.0850. The number of amides is 4. The van der Waals surface area contributed by atoms with Gasteiger partial charge in [-0.1, -0.05) is 18.2 Å². The van der Waals surface area contributed by atoms with Crippen LogP contribution < -0.4 is 16.4 Å². The van der Waals surface area contributed by atoms with Crippen molar-refractivity contribution in [3.05, 3.63) is 60.2 Å². The quantitative estimate of drug-likeness (QED) is 0.683. The zero-order chi connectivity index (χ0) is 20.8. The molecule has 0 saturated carbocycles. The van der Waals surface area contributed by atoms with Gasteiger partial charge in [-0.3, -0.25) is 19.2 Å². The number of hydrazone groups is 1. The largest absolute Gasteiger partial charge is 0.366 e. The molecule has 1 heterocycles. The number of primary amides is 1. The van der Waals surface area contributed by atoms with Crippen LogP contribution in [0.1, 0.15) is 23.2 Å². The zero-order valence-electron chi connectivity index (χ0n) is 15.4. The van der Waals surface area contributed by atoms with Crippen molar-refractivity contribution in [2.24, 2.45) is 10.8 Å². The molecule has 3 rings (SSSR count). The predicted octanol–water partition coefficient (Wildman–Crippen LogP) is 1.34. The van der Waals surface area contributed by atoms with Crippen LogP contribution in [-0.2, 0) is 14.4 Å². The van der Waals surface area contributed by atoms with Crippen LogP contribution in [0.5, 0.6) is 0 Å². The average molecular weight is 393 g/mol. The van der Waals surface area contributed by atoms with Gasteiger partial charge in [0.1, 0.15) is 12.3 Å². The SMILES string of the molecule is NC(=O)c1ccc(NC(=O)CN2N=C(C(=O)Nc3ccccc3)CCC2=O)cc1. The van der Waals surface area contributed by atoms with Crippen LogP contribution in [0.4, 0.5) is 11.4 Å². The number of para-hydroxylation sites is 1. The molecule has 9 heteroatoms. The summed E-state index contributed by atoms with van der Waals surface area (Å²) in [5.41, 5.74) is 6.71. The molecule has 0 atom stereocenters. The van der Waals surface area contributed by atoms with Gasteiger partial charge in [0.25, 0.3) is 5.91 Å². The molecule has 0 saturated heterocycles. The molecule has 1 aliphatic rings. The van der Waals surface area contributed by atoms with Gasteiger partial charge >= 0.3 is 0 Å². The number of rotatable bonds is 6. The highest BCUT2D eigenvalue weighted by atomic mass is 16.2. The zero-order valence-corrected chi connectivity index (χ0v) is 15.4. The summed E-state index contributed by atoms with van der Waals surface area (Å²) < 4.78 is 0. The topological polar surface area (TPSA) is 134 Å². The summed E-state index contributed by atoms with van der Waals surface area (Å²) in [6, 6.07) is 14.9. The standard InChI is InChI=1S/C20H19N5O4/c21-19(28)13-6-8-15(9-7-13)22-17(26)12-25-18(27)11-10-16(24-25)20(29)23-14-4-2-1-3-5-14/h1-9H,10-12H2,(H2,21,28)(H,22,26)(H,23,29). The van der Waals surface area contributed by atoms with E-state index in [1.165, 1.54) is 24.3 Å². The molecular weight excluding hydrogens is 374 g/mol. The van der Waals surface area contributed by atoms with Crippen LogP contribution >= 0.6 is 0 Å². The summed E-state index contributed by atoms with van der Waals surface area (Å²) in [6.45, 7) is -0.335. The highest BCUT2D eigenvalue weighted by molar-refractivity contribution is 6.43. The van der Waals surface area contributed by atoms with Gasteiger partial charge in [-0.05, 0) is 36.4 Å². The Hall–Kier alpha value is -4.01. The van der Waals surface area contributed by atoms with Crippen molar-refractivity contribution in [2.75, 3.05) is 17.2 Å². The molecule has 4 amide bonds. The summed E-state index contributed by atoms with van der Waals surface area (Å²) in [4.78, 5) is 47.8. The van der Waals surface area contributed by atoms with Crippen LogP contribution in [0.25, 0.3) is 0 Å². The number of carbonyl (C=O) groups excluding carboxylic acids is 4. The third-order valence-electron chi connectivity index (χ3n) is 4.15. The highest BCUT2D eigenvalue weighted by Crippen LogP contribution is 2.13. The number of nitrogens with two attached hydrogens (primary N) is 1. The molecule has 4 N–H and O–H groups in total. The van der Waals surface area contributed by atoms with Gasteiger partial charge in [0.2, 0.25) is 17.7 Å². The first-order valence-electron chi connectivity index (χ1n) is 8.86. The Kier molecular flexibility index (Phi) is 5.98. The van der Waals surface area contributed by atoms with E-state index < -0.39 is 17.7 Å². The molecule has 0 spiro atoms. The van der Waals surface area contributed by atoms with Gasteiger partial charge in [-0.2, -0.15) is 5.10 Å². The lowest BCUT2D eigenvalue weighted by Crippen LogP contribution is -2.40. The van der Waals surface area contributed by atoms with Crippen LogP contribution in [0.2, 0.25) is 0 Å². The molecule has 0 bridgehead atoms. The Balaban J connectivity index is 1.63. The van der Waals surface area contributed by atoms with Crippen LogP contribution in [-0.4, -0.2) is 40.9 Å². The minimum atomic E-state index is -0.572. The molecule has 0 aromatic heterocycles. The molecule has 9 nitrogen and oxygen atoms in total. The monoisotopic (exact) mass is 393 g/mol. The van der Waals surface area contributed by atoms with Crippen molar-refractivity contribution < 1.29 is 19.2 Å². The van der Waals surface area contributed by atoms with E-state index >= 15 is 0 Å². The smallest absolute Gasteiger partial charge is 0.271 e. The lowest BCUT2D eigenvalue weighted by molar-refractivity contribution is -0.135. The summed E-state index contributed by atoms with van der Waals surface area (Å²) >= 11 is 0. The van der Waals surface area contributed by atoms with E-state index in [2.05, 4.69) is 15.7 Å². The molecular formula is C20H19N5O4. The Morgan fingerprint density at radius 3 is 2.24 bits per heavy atom. The van der Waals surface area contributed by atoms with Crippen molar-refractivity contribution in [2.45, 2.75) is 12.8 Å². The number of hydrogen-bond acceptors (Lipinski definition) is 5. The maximum atomic E-state index is 12.4. The van der Waals surface area contributed by atoms with Gasteiger partial charge in [0, 0.05) is 29.8 Å². The summed E-state index contributed by atoms with van der Waals surface area (Å²) in [5.74, 6) is -1.83. The maximum absolute atomic E-state index is 12.4. The van der Waals surface area contributed by atoms with Gasteiger partial charge in [-0.15, -0.1) is 0 Å². The maximum Gasteiger partial charge on any atom is 0.271 e. The minimum Gasteiger partial charge on any atom is -0.366 e. The van der Waals surface area contributed by atoms with E-state index in [9.17, 15) is 19.2 Å². The molecule has 0 aliphatic carbocycles. The van der Waals surface area contributed by atoms with Crippen LogP contribution in [0.3, 0.4) is 0 Å². The molecule has 0 fully saturated rings. The second-order valence-electron chi connectivity index (χ2n) is 6.31. The first kappa shape index (κ1) is 19.7. The lowest BCUT2D eigenvalue weighted by Gasteiger charge is -2.22. The Labute approximate surface area is 166 Å².